The van der Waals surface area contributed by atoms with E-state index in [1.54, 1.807) is 16.0 Å². The fourth-order valence-electron chi connectivity index (χ4n) is 2.46. The Kier molecular flexibility index (Phi) is 4.40. The van der Waals surface area contributed by atoms with Gasteiger partial charge in [-0.1, -0.05) is 17.8 Å². The van der Waals surface area contributed by atoms with Crippen LogP contribution in [-0.4, -0.2) is 30.2 Å². The minimum Gasteiger partial charge on any atom is -0.309 e. The summed E-state index contributed by atoms with van der Waals surface area (Å²) in [5, 5.41) is 16.9. The molecular formula is C15H14N6OS3. The van der Waals surface area contributed by atoms with Crippen LogP contribution in [0.25, 0.3) is 20.7 Å². The second-order valence-corrected chi connectivity index (χ2v) is 8.41. The summed E-state index contributed by atoms with van der Waals surface area (Å²) in [7, 11) is 0. The molecule has 1 unspecified atom stereocenters. The van der Waals surface area contributed by atoms with Gasteiger partial charge in [0.1, 0.15) is 10.7 Å². The molecule has 4 aromatic rings. The van der Waals surface area contributed by atoms with E-state index in [1.165, 1.54) is 23.1 Å². The molecule has 4 aromatic heterocycles. The van der Waals surface area contributed by atoms with E-state index in [4.69, 9.17) is 0 Å². The van der Waals surface area contributed by atoms with Crippen LogP contribution in [0.3, 0.4) is 0 Å². The highest BCUT2D eigenvalue weighted by molar-refractivity contribution is 7.99. The number of nitrogens with zero attached hydrogens (tertiary/aromatic N) is 5. The molecule has 1 N–H and O–H groups in total. The molecule has 10 heteroatoms. The second-order valence-electron chi connectivity index (χ2n) is 5.30. The van der Waals surface area contributed by atoms with Crippen molar-refractivity contribution in [2.24, 2.45) is 0 Å². The average Bonchev–Trinajstić information content (AvgIpc) is 3.34. The summed E-state index contributed by atoms with van der Waals surface area (Å²) in [5.41, 5.74) is 0.845. The number of H-pyrrole nitrogens is 1. The summed E-state index contributed by atoms with van der Waals surface area (Å²) in [4.78, 5) is 22.1. The third kappa shape index (κ3) is 3.00. The number of fused-ring (bicyclic) bond motifs is 1. The van der Waals surface area contributed by atoms with Gasteiger partial charge in [0.2, 0.25) is 5.16 Å². The van der Waals surface area contributed by atoms with Crippen LogP contribution in [0.15, 0.2) is 32.8 Å². The molecule has 0 fully saturated rings. The molecule has 0 saturated heterocycles. The number of aromatic amines is 1. The molecule has 1 atom stereocenters. The Morgan fingerprint density at radius 2 is 2.28 bits per heavy atom. The Bertz CT molecular complexity index is 1060. The number of tetrazole rings is 1. The Balaban J connectivity index is 1.71. The molecule has 0 aliphatic rings. The van der Waals surface area contributed by atoms with Crippen LogP contribution in [0.5, 0.6) is 0 Å². The number of aromatic nitrogens is 6. The van der Waals surface area contributed by atoms with Crippen LogP contribution in [0, 0.1) is 0 Å². The molecule has 0 aromatic carbocycles. The van der Waals surface area contributed by atoms with Crippen molar-refractivity contribution in [1.29, 1.82) is 0 Å². The smallest absolute Gasteiger partial charge is 0.260 e. The van der Waals surface area contributed by atoms with Gasteiger partial charge >= 0.3 is 0 Å². The van der Waals surface area contributed by atoms with Crippen LogP contribution in [-0.2, 0) is 6.54 Å². The number of thiophene rings is 2. The molecule has 128 valence electrons. The first kappa shape index (κ1) is 16.4. The van der Waals surface area contributed by atoms with E-state index in [-0.39, 0.29) is 10.8 Å². The molecule has 4 heterocycles. The van der Waals surface area contributed by atoms with Crippen molar-refractivity contribution < 1.29 is 0 Å². The maximum atomic E-state index is 12.7. The highest BCUT2D eigenvalue weighted by Crippen LogP contribution is 2.35. The molecule has 0 aliphatic heterocycles. The topological polar surface area (TPSA) is 89.3 Å². The SMILES string of the molecule is CCn1nnnc1SC(C)c1nc2scc(-c3cccs3)c2c(=O)[nH]1. The lowest BCUT2D eigenvalue weighted by atomic mass is 10.2. The largest absolute Gasteiger partial charge is 0.309 e. The second kappa shape index (κ2) is 6.70. The molecule has 0 bridgehead atoms. The normalized spacial score (nSPS) is 12.7. The minimum atomic E-state index is -0.104. The minimum absolute atomic E-state index is 0.0688. The third-order valence-corrected chi connectivity index (χ3v) is 6.57. The Morgan fingerprint density at radius 1 is 1.40 bits per heavy atom. The molecule has 0 radical (unpaired) electrons. The zero-order chi connectivity index (χ0) is 17.4. The van der Waals surface area contributed by atoms with E-state index in [1.807, 2.05) is 36.7 Å². The van der Waals surface area contributed by atoms with Gasteiger partial charge in [-0.3, -0.25) is 4.79 Å². The van der Waals surface area contributed by atoms with Gasteiger partial charge in [0, 0.05) is 22.4 Å². The first-order valence-corrected chi connectivity index (χ1v) is 10.3. The highest BCUT2D eigenvalue weighted by Gasteiger charge is 2.19. The summed E-state index contributed by atoms with van der Waals surface area (Å²) in [6.45, 7) is 4.66. The highest BCUT2D eigenvalue weighted by atomic mass is 32.2. The van der Waals surface area contributed by atoms with E-state index in [0.717, 1.165) is 15.3 Å². The van der Waals surface area contributed by atoms with E-state index in [2.05, 4.69) is 25.5 Å². The maximum Gasteiger partial charge on any atom is 0.260 e. The van der Waals surface area contributed by atoms with Crippen molar-refractivity contribution in [1.82, 2.24) is 30.2 Å². The summed E-state index contributed by atoms with van der Waals surface area (Å²) >= 11 is 4.59. The lowest BCUT2D eigenvalue weighted by Crippen LogP contribution is -2.12. The number of aryl methyl sites for hydroxylation is 1. The van der Waals surface area contributed by atoms with Crippen LogP contribution in [0.2, 0.25) is 0 Å². The number of nitrogens with one attached hydrogen (secondary N) is 1. The lowest BCUT2D eigenvalue weighted by Gasteiger charge is -2.09. The Labute approximate surface area is 155 Å². The number of thioether (sulfide) groups is 1. The lowest BCUT2D eigenvalue weighted by molar-refractivity contribution is 0.580. The molecule has 0 amide bonds. The number of hydrogen-bond acceptors (Lipinski definition) is 8. The van der Waals surface area contributed by atoms with Gasteiger partial charge in [-0.15, -0.1) is 27.8 Å². The zero-order valence-corrected chi connectivity index (χ0v) is 15.9. The monoisotopic (exact) mass is 390 g/mol. The van der Waals surface area contributed by atoms with Crippen molar-refractivity contribution >= 4 is 44.7 Å². The predicted octanol–water partition coefficient (Wildman–Crippen LogP) is 3.57. The molecule has 0 aliphatic carbocycles. The van der Waals surface area contributed by atoms with Crippen LogP contribution in [0.4, 0.5) is 0 Å². The first-order valence-electron chi connectivity index (χ1n) is 7.65. The van der Waals surface area contributed by atoms with Gasteiger partial charge in [-0.05, 0) is 35.7 Å². The van der Waals surface area contributed by atoms with E-state index < -0.39 is 0 Å². The van der Waals surface area contributed by atoms with Gasteiger partial charge in [0.15, 0.2) is 0 Å². The number of rotatable bonds is 5. The Hall–Kier alpha value is -2.04. The van der Waals surface area contributed by atoms with E-state index in [9.17, 15) is 4.79 Å². The van der Waals surface area contributed by atoms with E-state index >= 15 is 0 Å². The first-order chi connectivity index (χ1) is 12.2. The summed E-state index contributed by atoms with van der Waals surface area (Å²) in [5.74, 6) is 0.632. The maximum absolute atomic E-state index is 12.7. The fourth-order valence-corrected chi connectivity index (χ4v) is 5.14. The average molecular weight is 391 g/mol. The van der Waals surface area contributed by atoms with Crippen molar-refractivity contribution in [2.75, 3.05) is 0 Å². The van der Waals surface area contributed by atoms with Crippen molar-refractivity contribution in [2.45, 2.75) is 30.8 Å². The number of hydrogen-bond donors (Lipinski definition) is 1. The Morgan fingerprint density at radius 3 is 3.04 bits per heavy atom. The quantitative estimate of drug-likeness (QED) is 0.524. The predicted molar refractivity (Wildman–Crippen MR) is 101 cm³/mol. The van der Waals surface area contributed by atoms with E-state index in [0.29, 0.717) is 22.9 Å². The van der Waals surface area contributed by atoms with Crippen LogP contribution >= 0.6 is 34.4 Å². The molecular weight excluding hydrogens is 376 g/mol. The summed E-state index contributed by atoms with van der Waals surface area (Å²) in [6, 6.07) is 4.00. The zero-order valence-electron chi connectivity index (χ0n) is 13.5. The molecule has 25 heavy (non-hydrogen) atoms. The summed E-state index contributed by atoms with van der Waals surface area (Å²) in [6.07, 6.45) is 0. The van der Waals surface area contributed by atoms with Gasteiger partial charge in [-0.25, -0.2) is 9.67 Å². The van der Waals surface area contributed by atoms with Gasteiger partial charge in [0.25, 0.3) is 5.56 Å². The molecule has 4 rings (SSSR count). The van der Waals surface area contributed by atoms with Crippen molar-refractivity contribution in [3.63, 3.8) is 0 Å². The van der Waals surface area contributed by atoms with Gasteiger partial charge < -0.3 is 4.98 Å². The van der Waals surface area contributed by atoms with Crippen molar-refractivity contribution in [3.05, 3.63) is 39.1 Å². The molecule has 0 spiro atoms. The van der Waals surface area contributed by atoms with Gasteiger partial charge in [0.05, 0.1) is 10.6 Å². The van der Waals surface area contributed by atoms with Crippen LogP contribution < -0.4 is 5.56 Å². The molecule has 0 saturated carbocycles. The van der Waals surface area contributed by atoms with Gasteiger partial charge in [-0.2, -0.15) is 0 Å². The van der Waals surface area contributed by atoms with Crippen LogP contribution in [0.1, 0.15) is 24.9 Å². The van der Waals surface area contributed by atoms with Crippen molar-refractivity contribution in [3.8, 4) is 10.4 Å². The fraction of sp³-hybridized carbons (Fsp3) is 0.267. The third-order valence-electron chi connectivity index (χ3n) is 3.71. The standard InChI is InChI=1S/C15H14N6OS3/c1-3-21-15(18-19-20-21)25-8(2)12-16-13(22)11-9(7-24-14(11)17-12)10-5-4-6-23-10/h4-8H,3H2,1-2H3,(H,16,17,22). The summed E-state index contributed by atoms with van der Waals surface area (Å²) < 4.78 is 1.72. The molecule has 7 nitrogen and oxygen atoms in total.